The van der Waals surface area contributed by atoms with E-state index < -0.39 is 23.1 Å². The first-order valence-corrected chi connectivity index (χ1v) is 8.19. The molecule has 0 saturated heterocycles. The number of carbonyl (C=O) groups excluding carboxylic acids is 1. The number of Topliss-reactive ketones (excluding diaryl/α,β-unsaturated/α-hetero) is 1. The van der Waals surface area contributed by atoms with Crippen molar-refractivity contribution in [2.75, 3.05) is 12.8 Å². The second kappa shape index (κ2) is 7.57. The van der Waals surface area contributed by atoms with Crippen molar-refractivity contribution >= 4 is 11.6 Å². The van der Waals surface area contributed by atoms with Crippen LogP contribution in [-0.4, -0.2) is 28.1 Å². The fraction of sp³-hybridized carbons (Fsp3) is 0.389. The van der Waals surface area contributed by atoms with E-state index in [2.05, 4.69) is 5.32 Å². The molecule has 1 aromatic carbocycles. The van der Waals surface area contributed by atoms with Gasteiger partial charge in [0.2, 0.25) is 0 Å². The van der Waals surface area contributed by atoms with Crippen molar-refractivity contribution in [2.45, 2.75) is 25.9 Å². The van der Waals surface area contributed by atoms with E-state index in [4.69, 9.17) is 10.5 Å². The number of hydrogen-bond donors (Lipinski definition) is 2. The Morgan fingerprint density at radius 2 is 1.77 bits per heavy atom. The van der Waals surface area contributed by atoms with Gasteiger partial charge in [-0.3, -0.25) is 18.7 Å². The zero-order chi connectivity index (χ0) is 19.6. The molecule has 140 valence electrons. The number of nitrogens with two attached hydrogens (primary N) is 1. The van der Waals surface area contributed by atoms with Crippen LogP contribution < -0.4 is 27.0 Å². The zero-order valence-electron chi connectivity index (χ0n) is 15.6. The van der Waals surface area contributed by atoms with Gasteiger partial charge in [0.05, 0.1) is 13.2 Å². The molecule has 0 radical (unpaired) electrons. The summed E-state index contributed by atoms with van der Waals surface area (Å²) in [4.78, 5) is 37.1. The predicted octanol–water partition coefficient (Wildman–Crippen LogP) is 0.597. The Bertz CT molecular complexity index is 945. The van der Waals surface area contributed by atoms with Crippen molar-refractivity contribution in [1.29, 1.82) is 0 Å². The van der Waals surface area contributed by atoms with Crippen LogP contribution in [0, 0.1) is 0 Å². The number of methoxy groups -OCH3 is 1. The number of aromatic nitrogens is 2. The topological polar surface area (TPSA) is 108 Å². The van der Waals surface area contributed by atoms with E-state index in [9.17, 15) is 14.4 Å². The molecular formula is C18H24N4O4. The van der Waals surface area contributed by atoms with E-state index in [-0.39, 0.29) is 17.4 Å². The van der Waals surface area contributed by atoms with Gasteiger partial charge in [0, 0.05) is 25.7 Å². The number of ketones is 1. The summed E-state index contributed by atoms with van der Waals surface area (Å²) in [7, 11) is 4.31. The van der Waals surface area contributed by atoms with Gasteiger partial charge in [-0.25, -0.2) is 4.79 Å². The monoisotopic (exact) mass is 360 g/mol. The average Bonchev–Trinajstić information content (AvgIpc) is 2.64. The van der Waals surface area contributed by atoms with Gasteiger partial charge in [-0.2, -0.15) is 0 Å². The van der Waals surface area contributed by atoms with Crippen LogP contribution in [0.2, 0.25) is 0 Å². The summed E-state index contributed by atoms with van der Waals surface area (Å²) in [6, 6.07) is 6.57. The summed E-state index contributed by atoms with van der Waals surface area (Å²) in [6.07, 6.45) is 0. The summed E-state index contributed by atoms with van der Waals surface area (Å²) in [6.45, 7) is 3.54. The summed E-state index contributed by atoms with van der Waals surface area (Å²) in [5, 5.41) is 3.16. The minimum Gasteiger partial charge on any atom is -0.496 e. The molecular weight excluding hydrogens is 336 g/mol. The van der Waals surface area contributed by atoms with Gasteiger partial charge in [0.1, 0.15) is 17.1 Å². The third-order valence-corrected chi connectivity index (χ3v) is 4.45. The van der Waals surface area contributed by atoms with Gasteiger partial charge in [0.25, 0.3) is 5.56 Å². The molecule has 0 spiro atoms. The molecule has 0 saturated carbocycles. The third-order valence-electron chi connectivity index (χ3n) is 4.45. The molecule has 0 aliphatic rings. The van der Waals surface area contributed by atoms with E-state index in [1.807, 2.05) is 31.2 Å². The van der Waals surface area contributed by atoms with Gasteiger partial charge in [-0.15, -0.1) is 0 Å². The molecule has 8 nitrogen and oxygen atoms in total. The number of rotatable bonds is 6. The van der Waals surface area contributed by atoms with Gasteiger partial charge in [-0.1, -0.05) is 18.2 Å². The normalized spacial score (nSPS) is 13.3. The molecule has 1 aromatic heterocycles. The van der Waals surface area contributed by atoms with Crippen LogP contribution in [0.25, 0.3) is 0 Å². The quantitative estimate of drug-likeness (QED) is 0.730. The standard InChI is InChI=1S/C18H24N4O4/c1-10(12-8-6-7-9-13(12)26-5)20-11(2)15(23)14-16(19)21(3)18(25)22(4)17(14)24/h6-11,20H,19H2,1-5H3/t10-,11+/m0/s1. The van der Waals surface area contributed by atoms with E-state index in [1.165, 1.54) is 14.1 Å². The number of carbonyl (C=O) groups is 1. The highest BCUT2D eigenvalue weighted by Crippen LogP contribution is 2.25. The molecule has 2 rings (SSSR count). The number of ether oxygens (including phenoxy) is 1. The fourth-order valence-corrected chi connectivity index (χ4v) is 2.87. The Morgan fingerprint density at radius 1 is 1.15 bits per heavy atom. The molecule has 0 aliphatic heterocycles. The second-order valence-corrected chi connectivity index (χ2v) is 6.18. The Morgan fingerprint density at radius 3 is 2.38 bits per heavy atom. The van der Waals surface area contributed by atoms with E-state index in [1.54, 1.807) is 14.0 Å². The number of nitrogen functional groups attached to an aromatic ring is 1. The van der Waals surface area contributed by atoms with E-state index in [0.717, 1.165) is 14.7 Å². The lowest BCUT2D eigenvalue weighted by atomic mass is 10.0. The third kappa shape index (κ3) is 3.41. The molecule has 0 fully saturated rings. The SMILES string of the molecule is COc1ccccc1[C@H](C)N[C@H](C)C(=O)c1c(N)n(C)c(=O)n(C)c1=O. The van der Waals surface area contributed by atoms with Gasteiger partial charge >= 0.3 is 5.69 Å². The summed E-state index contributed by atoms with van der Waals surface area (Å²) in [5.74, 6) is 0.0897. The summed E-state index contributed by atoms with van der Waals surface area (Å²) < 4.78 is 7.30. The summed E-state index contributed by atoms with van der Waals surface area (Å²) in [5.41, 5.74) is 5.28. The molecule has 26 heavy (non-hydrogen) atoms. The Labute approximate surface area is 151 Å². The smallest absolute Gasteiger partial charge is 0.332 e. The number of nitrogens with one attached hydrogen (secondary N) is 1. The maximum atomic E-state index is 12.8. The average molecular weight is 360 g/mol. The Balaban J connectivity index is 2.34. The highest BCUT2D eigenvalue weighted by Gasteiger charge is 2.26. The molecule has 2 atom stereocenters. The molecule has 0 aliphatic carbocycles. The van der Waals surface area contributed by atoms with Crippen molar-refractivity contribution in [1.82, 2.24) is 14.5 Å². The molecule has 8 heteroatoms. The van der Waals surface area contributed by atoms with Gasteiger partial charge in [-0.05, 0) is 19.9 Å². The number of para-hydroxylation sites is 1. The van der Waals surface area contributed by atoms with Crippen LogP contribution in [0.4, 0.5) is 5.82 Å². The number of hydrogen-bond acceptors (Lipinski definition) is 6. The highest BCUT2D eigenvalue weighted by atomic mass is 16.5. The van der Waals surface area contributed by atoms with E-state index >= 15 is 0 Å². The Kier molecular flexibility index (Phi) is 5.66. The van der Waals surface area contributed by atoms with Crippen molar-refractivity contribution in [3.05, 3.63) is 56.2 Å². The lowest BCUT2D eigenvalue weighted by molar-refractivity contribution is 0.0943. The van der Waals surface area contributed by atoms with Crippen LogP contribution in [0.5, 0.6) is 5.75 Å². The van der Waals surface area contributed by atoms with Gasteiger partial charge < -0.3 is 15.8 Å². The first kappa shape index (κ1) is 19.5. The fourth-order valence-electron chi connectivity index (χ4n) is 2.87. The van der Waals surface area contributed by atoms with Gasteiger partial charge in [0.15, 0.2) is 5.78 Å². The number of benzene rings is 1. The minimum absolute atomic E-state index is 0.137. The lowest BCUT2D eigenvalue weighted by Crippen LogP contribution is -2.45. The van der Waals surface area contributed by atoms with Crippen LogP contribution >= 0.6 is 0 Å². The van der Waals surface area contributed by atoms with Crippen molar-refractivity contribution in [3.63, 3.8) is 0 Å². The van der Waals surface area contributed by atoms with Crippen LogP contribution in [0.3, 0.4) is 0 Å². The highest BCUT2D eigenvalue weighted by molar-refractivity contribution is 6.03. The first-order chi connectivity index (χ1) is 12.2. The van der Waals surface area contributed by atoms with Crippen molar-refractivity contribution in [2.24, 2.45) is 14.1 Å². The van der Waals surface area contributed by atoms with E-state index in [0.29, 0.717) is 5.75 Å². The molecule has 0 amide bonds. The maximum absolute atomic E-state index is 12.8. The molecule has 0 bridgehead atoms. The predicted molar refractivity (Wildman–Crippen MR) is 99.7 cm³/mol. The molecule has 2 aromatic rings. The second-order valence-electron chi connectivity index (χ2n) is 6.18. The Hall–Kier alpha value is -2.87. The minimum atomic E-state index is -0.700. The largest absolute Gasteiger partial charge is 0.496 e. The first-order valence-electron chi connectivity index (χ1n) is 8.19. The maximum Gasteiger partial charge on any atom is 0.332 e. The zero-order valence-corrected chi connectivity index (χ0v) is 15.6. The van der Waals surface area contributed by atoms with Crippen molar-refractivity contribution < 1.29 is 9.53 Å². The van der Waals surface area contributed by atoms with Crippen LogP contribution in [0.15, 0.2) is 33.9 Å². The molecule has 0 unspecified atom stereocenters. The summed E-state index contributed by atoms with van der Waals surface area (Å²) >= 11 is 0. The molecule has 3 N–H and O–H groups in total. The van der Waals surface area contributed by atoms with Crippen LogP contribution in [-0.2, 0) is 14.1 Å². The van der Waals surface area contributed by atoms with Crippen molar-refractivity contribution in [3.8, 4) is 5.75 Å². The van der Waals surface area contributed by atoms with Crippen LogP contribution in [0.1, 0.15) is 35.8 Å². The molecule has 1 heterocycles. The lowest BCUT2D eigenvalue weighted by Gasteiger charge is -2.22. The number of nitrogens with zero attached hydrogens (tertiary/aromatic N) is 2. The number of anilines is 1.